The molecule has 1 aliphatic rings. The molecule has 0 aromatic heterocycles. The molecule has 12 heteroatoms. The van der Waals surface area contributed by atoms with Crippen LogP contribution in [0.2, 0.25) is 0 Å². The van der Waals surface area contributed by atoms with E-state index in [1.807, 2.05) is 5.32 Å². The van der Waals surface area contributed by atoms with E-state index in [2.05, 4.69) is 0 Å². The molecule has 0 unspecified atom stereocenters. The molecule has 1 heterocycles. The Morgan fingerprint density at radius 1 is 1.29 bits per heavy atom. The number of primary amides is 1. The molecule has 0 aromatic rings. The first-order valence-electron chi connectivity index (χ1n) is 6.85. The van der Waals surface area contributed by atoms with Gasteiger partial charge in [0.2, 0.25) is 17.6 Å². The molecule has 1 saturated heterocycles. The molecule has 138 valence electrons. The molecule has 1 rings (SSSR count). The van der Waals surface area contributed by atoms with Crippen LogP contribution in [0.4, 0.5) is 0 Å². The number of hydrogen-bond acceptors (Lipinski definition) is 9. The lowest BCUT2D eigenvalue weighted by Crippen LogP contribution is -2.81. The molecular weight excluding hydrogens is 330 g/mol. The van der Waals surface area contributed by atoms with E-state index in [1.165, 1.54) is 0 Å². The Bertz CT molecular complexity index is 530. The van der Waals surface area contributed by atoms with Gasteiger partial charge in [-0.15, -0.1) is 0 Å². The number of aliphatic hydroxyl groups excluding tert-OH is 3. The average Bonchev–Trinajstić information content (AvgIpc) is 2.46. The minimum atomic E-state index is -3.06. The average molecular weight is 351 g/mol. The SMILES string of the molecule is CC(=O)N[C@@H]1[C@@H](O)[C@H](O)[C@@H](CO)O[C@]1(O)[C@](N)(CC(N)=O)C(=O)O. The maximum atomic E-state index is 11.6. The molecule has 0 radical (unpaired) electrons. The maximum absolute atomic E-state index is 11.6. The predicted molar refractivity (Wildman–Crippen MR) is 74.9 cm³/mol. The van der Waals surface area contributed by atoms with Gasteiger partial charge in [0.1, 0.15) is 24.4 Å². The van der Waals surface area contributed by atoms with Crippen molar-refractivity contribution < 1.29 is 44.7 Å². The van der Waals surface area contributed by atoms with Gasteiger partial charge in [-0.25, -0.2) is 4.79 Å². The topological polar surface area (TPSA) is 226 Å². The summed E-state index contributed by atoms with van der Waals surface area (Å²) in [4.78, 5) is 34.1. The zero-order valence-corrected chi connectivity index (χ0v) is 12.7. The number of nitrogens with two attached hydrogens (primary N) is 2. The molecule has 0 saturated carbocycles. The summed E-state index contributed by atoms with van der Waals surface area (Å²) < 4.78 is 5.01. The van der Waals surface area contributed by atoms with Crippen molar-refractivity contribution in [1.82, 2.24) is 5.32 Å². The molecule has 0 aliphatic carbocycles. The number of nitrogens with one attached hydrogen (secondary N) is 1. The Kier molecular flexibility index (Phi) is 5.86. The van der Waals surface area contributed by atoms with Gasteiger partial charge in [-0.1, -0.05) is 0 Å². The van der Waals surface area contributed by atoms with Crippen LogP contribution in [0.3, 0.4) is 0 Å². The first kappa shape index (κ1) is 20.2. The fourth-order valence-electron chi connectivity index (χ4n) is 2.58. The van der Waals surface area contributed by atoms with E-state index in [4.69, 9.17) is 16.2 Å². The van der Waals surface area contributed by atoms with Gasteiger partial charge in [-0.2, -0.15) is 0 Å². The van der Waals surface area contributed by atoms with E-state index in [9.17, 15) is 39.9 Å². The van der Waals surface area contributed by atoms with Crippen molar-refractivity contribution in [3.05, 3.63) is 0 Å². The minimum Gasteiger partial charge on any atom is -0.480 e. The number of carboxylic acids is 1. The quantitative estimate of drug-likeness (QED) is 0.227. The van der Waals surface area contributed by atoms with Crippen molar-refractivity contribution in [1.29, 1.82) is 0 Å². The zero-order valence-electron chi connectivity index (χ0n) is 12.7. The largest absolute Gasteiger partial charge is 0.480 e. The summed E-state index contributed by atoms with van der Waals surface area (Å²) in [5, 5.41) is 51.4. The minimum absolute atomic E-state index is 0.817. The van der Waals surface area contributed by atoms with Crippen LogP contribution in [0.5, 0.6) is 0 Å². The van der Waals surface area contributed by atoms with Crippen LogP contribution in [0.25, 0.3) is 0 Å². The molecular formula is C12H21N3O9. The highest BCUT2D eigenvalue weighted by Gasteiger charge is 2.66. The van der Waals surface area contributed by atoms with E-state index in [0.29, 0.717) is 0 Å². The van der Waals surface area contributed by atoms with Crippen molar-refractivity contribution in [2.75, 3.05) is 6.61 Å². The summed E-state index contributed by atoms with van der Waals surface area (Å²) in [5.41, 5.74) is 7.71. The van der Waals surface area contributed by atoms with Crippen LogP contribution >= 0.6 is 0 Å². The summed E-state index contributed by atoms with van der Waals surface area (Å²) in [6.07, 6.45) is -6.49. The number of rotatable bonds is 6. The predicted octanol–water partition coefficient (Wildman–Crippen LogP) is -5.05. The molecule has 2 amide bonds. The Hall–Kier alpha value is -1.83. The highest BCUT2D eigenvalue weighted by molar-refractivity contribution is 5.88. The third kappa shape index (κ3) is 3.33. The van der Waals surface area contributed by atoms with Gasteiger partial charge < -0.3 is 47.1 Å². The first-order valence-corrected chi connectivity index (χ1v) is 6.85. The van der Waals surface area contributed by atoms with Crippen molar-refractivity contribution in [3.63, 3.8) is 0 Å². The molecule has 1 aliphatic heterocycles. The number of aliphatic carboxylic acids is 1. The van der Waals surface area contributed by atoms with Crippen LogP contribution < -0.4 is 16.8 Å². The third-order valence-electron chi connectivity index (χ3n) is 3.84. The monoisotopic (exact) mass is 351 g/mol. The molecule has 0 bridgehead atoms. The van der Waals surface area contributed by atoms with Crippen LogP contribution in [0.1, 0.15) is 13.3 Å². The number of carbonyl (C=O) groups excluding carboxylic acids is 2. The van der Waals surface area contributed by atoms with Crippen LogP contribution in [0.15, 0.2) is 0 Å². The Morgan fingerprint density at radius 2 is 1.83 bits per heavy atom. The summed E-state index contributed by atoms with van der Waals surface area (Å²) in [6.45, 7) is 0.0737. The molecule has 0 aromatic carbocycles. The van der Waals surface area contributed by atoms with Crippen molar-refractivity contribution in [2.45, 2.75) is 49.0 Å². The van der Waals surface area contributed by atoms with Gasteiger partial charge in [-0.05, 0) is 0 Å². The summed E-state index contributed by atoms with van der Waals surface area (Å²) >= 11 is 0. The zero-order chi connectivity index (χ0) is 18.9. The van der Waals surface area contributed by atoms with E-state index in [-0.39, 0.29) is 0 Å². The standard InChI is InChI=1S/C12H21N3O9/c1-4(17)15-9-8(20)7(19)5(3-16)24-12(9,23)11(14,10(21)22)2-6(13)18/h5,7-9,16,19-20,23H,2-3,14H2,1H3,(H2,13,18)(H,15,17)(H,21,22)/t5-,7-,8+,9-,11+,12+/m1/s1. The van der Waals surface area contributed by atoms with E-state index in [1.54, 1.807) is 0 Å². The van der Waals surface area contributed by atoms with Gasteiger partial charge in [0, 0.05) is 6.92 Å². The van der Waals surface area contributed by atoms with E-state index < -0.39 is 66.5 Å². The molecule has 1 fully saturated rings. The number of aliphatic hydroxyl groups is 4. The fourth-order valence-corrected chi connectivity index (χ4v) is 2.58. The lowest BCUT2D eigenvalue weighted by Gasteiger charge is -2.52. The second-order valence-electron chi connectivity index (χ2n) is 5.61. The van der Waals surface area contributed by atoms with Crippen LogP contribution in [0, 0.1) is 0 Å². The van der Waals surface area contributed by atoms with Crippen LogP contribution in [-0.4, -0.2) is 85.6 Å². The maximum Gasteiger partial charge on any atom is 0.329 e. The fraction of sp³-hybridized carbons (Fsp3) is 0.750. The van der Waals surface area contributed by atoms with Gasteiger partial charge in [-0.3, -0.25) is 9.59 Å². The van der Waals surface area contributed by atoms with Crippen molar-refractivity contribution in [3.8, 4) is 0 Å². The van der Waals surface area contributed by atoms with Gasteiger partial charge in [0.15, 0.2) is 5.54 Å². The summed E-state index contributed by atoms with van der Waals surface area (Å²) in [6, 6.07) is -1.92. The third-order valence-corrected chi connectivity index (χ3v) is 3.84. The number of carbonyl (C=O) groups is 3. The van der Waals surface area contributed by atoms with E-state index >= 15 is 0 Å². The lowest BCUT2D eigenvalue weighted by molar-refractivity contribution is -0.339. The number of hydrogen-bond donors (Lipinski definition) is 8. The van der Waals surface area contributed by atoms with Gasteiger partial charge in [0.25, 0.3) is 0 Å². The summed E-state index contributed by atoms with van der Waals surface area (Å²) in [7, 11) is 0. The lowest BCUT2D eigenvalue weighted by atomic mass is 9.76. The van der Waals surface area contributed by atoms with E-state index in [0.717, 1.165) is 6.92 Å². The summed E-state index contributed by atoms with van der Waals surface area (Å²) in [5.74, 6) is -7.01. The molecule has 24 heavy (non-hydrogen) atoms. The second kappa shape index (κ2) is 6.96. The Labute approximate surface area is 136 Å². The Morgan fingerprint density at radius 3 is 2.21 bits per heavy atom. The normalized spacial score (nSPS) is 35.8. The highest BCUT2D eigenvalue weighted by Crippen LogP contribution is 2.37. The van der Waals surface area contributed by atoms with Gasteiger partial charge >= 0.3 is 5.97 Å². The van der Waals surface area contributed by atoms with Crippen molar-refractivity contribution >= 4 is 17.8 Å². The molecule has 6 atom stereocenters. The molecule has 10 N–H and O–H groups in total. The Balaban J connectivity index is 3.49. The highest BCUT2D eigenvalue weighted by atomic mass is 16.7. The number of ether oxygens (including phenoxy) is 1. The molecule has 12 nitrogen and oxygen atoms in total. The van der Waals surface area contributed by atoms with Crippen LogP contribution in [-0.2, 0) is 19.1 Å². The second-order valence-corrected chi connectivity index (χ2v) is 5.61. The van der Waals surface area contributed by atoms with Gasteiger partial charge in [0.05, 0.1) is 13.0 Å². The number of amides is 2. The molecule has 0 spiro atoms. The van der Waals surface area contributed by atoms with Crippen molar-refractivity contribution in [2.24, 2.45) is 11.5 Å². The first-order chi connectivity index (χ1) is 10.9. The number of carboxylic acid groups (broad SMARTS) is 1. The smallest absolute Gasteiger partial charge is 0.329 e.